The molecule has 1 rings (SSSR count). The zero-order chi connectivity index (χ0) is 12.1. The molecule has 0 radical (unpaired) electrons. The van der Waals surface area contributed by atoms with Crippen molar-refractivity contribution in [3.8, 4) is 17.2 Å². The summed E-state index contributed by atoms with van der Waals surface area (Å²) in [6.45, 7) is 0.448. The van der Waals surface area contributed by atoms with E-state index in [1.165, 1.54) is 26.0 Å². The summed E-state index contributed by atoms with van der Waals surface area (Å²) in [6, 6.07) is 1.76. The number of ether oxygens (including phenoxy) is 3. The van der Waals surface area contributed by atoms with Crippen molar-refractivity contribution in [3.05, 3.63) is 11.6 Å². The van der Waals surface area contributed by atoms with Crippen molar-refractivity contribution in [2.24, 2.45) is 0 Å². The Bertz CT molecular complexity index is 365. The van der Waals surface area contributed by atoms with E-state index >= 15 is 0 Å². The molecule has 1 N–H and O–H groups in total. The minimum Gasteiger partial charge on any atom is -0.502 e. The molecule has 90 valence electrons. The third-order valence-corrected chi connectivity index (χ3v) is 3.04. The largest absolute Gasteiger partial charge is 0.502 e. The van der Waals surface area contributed by atoms with Crippen LogP contribution in [0.4, 0.5) is 0 Å². The monoisotopic (exact) mass is 244 g/mol. The maximum absolute atomic E-state index is 9.89. The van der Waals surface area contributed by atoms with Crippen LogP contribution in [0.3, 0.4) is 0 Å². The summed E-state index contributed by atoms with van der Waals surface area (Å²) in [5.41, 5.74) is 0.932. The van der Waals surface area contributed by atoms with Gasteiger partial charge in [-0.15, -0.1) is 11.8 Å². The van der Waals surface area contributed by atoms with Crippen LogP contribution in [0.15, 0.2) is 11.0 Å². The maximum atomic E-state index is 9.89. The van der Waals surface area contributed by atoms with Crippen LogP contribution in [-0.2, 0) is 11.3 Å². The Morgan fingerprint density at radius 3 is 2.38 bits per heavy atom. The van der Waals surface area contributed by atoms with E-state index < -0.39 is 0 Å². The Hall–Kier alpha value is -1.07. The highest BCUT2D eigenvalue weighted by Gasteiger charge is 2.18. The van der Waals surface area contributed by atoms with E-state index in [-0.39, 0.29) is 5.75 Å². The SMILES string of the molecule is COCc1cc(OC)c(O)c(OC)c1SC. The molecular formula is C11H16O4S. The highest BCUT2D eigenvalue weighted by molar-refractivity contribution is 7.98. The average Bonchev–Trinajstić information content (AvgIpc) is 2.30. The Labute approximate surface area is 99.5 Å². The first-order chi connectivity index (χ1) is 7.69. The van der Waals surface area contributed by atoms with Crippen LogP contribution < -0.4 is 9.47 Å². The Kier molecular flexibility index (Phi) is 4.76. The number of methoxy groups -OCH3 is 3. The predicted octanol–water partition coefficient (Wildman–Crippen LogP) is 2.28. The lowest BCUT2D eigenvalue weighted by atomic mass is 10.2. The lowest BCUT2D eigenvalue weighted by Gasteiger charge is -2.15. The molecule has 0 unspecified atom stereocenters. The first kappa shape index (κ1) is 13.0. The van der Waals surface area contributed by atoms with Crippen molar-refractivity contribution in [1.29, 1.82) is 0 Å². The summed E-state index contributed by atoms with van der Waals surface area (Å²) in [5, 5.41) is 9.89. The van der Waals surface area contributed by atoms with Crippen molar-refractivity contribution in [1.82, 2.24) is 0 Å². The van der Waals surface area contributed by atoms with Gasteiger partial charge in [-0.3, -0.25) is 0 Å². The molecule has 0 spiro atoms. The number of hydrogen-bond donors (Lipinski definition) is 1. The summed E-state index contributed by atoms with van der Waals surface area (Å²) in [6.07, 6.45) is 1.92. The van der Waals surface area contributed by atoms with Crippen molar-refractivity contribution in [3.63, 3.8) is 0 Å². The van der Waals surface area contributed by atoms with Crippen LogP contribution in [-0.4, -0.2) is 32.7 Å². The van der Waals surface area contributed by atoms with Crippen molar-refractivity contribution in [2.45, 2.75) is 11.5 Å². The van der Waals surface area contributed by atoms with Gasteiger partial charge in [0.25, 0.3) is 0 Å². The van der Waals surface area contributed by atoms with Gasteiger partial charge >= 0.3 is 0 Å². The van der Waals surface area contributed by atoms with Gasteiger partial charge in [-0.05, 0) is 17.9 Å². The number of benzene rings is 1. The summed E-state index contributed by atoms with van der Waals surface area (Å²) in [7, 11) is 4.64. The Balaban J connectivity index is 3.37. The van der Waals surface area contributed by atoms with E-state index in [1.54, 1.807) is 13.2 Å². The second-order valence-corrected chi connectivity index (χ2v) is 3.90. The Morgan fingerprint density at radius 1 is 1.25 bits per heavy atom. The van der Waals surface area contributed by atoms with Gasteiger partial charge in [0.05, 0.1) is 25.7 Å². The summed E-state index contributed by atoms with van der Waals surface area (Å²) in [4.78, 5) is 0.864. The van der Waals surface area contributed by atoms with Crippen molar-refractivity contribution in [2.75, 3.05) is 27.6 Å². The normalized spacial score (nSPS) is 10.2. The second-order valence-electron chi connectivity index (χ2n) is 3.09. The predicted molar refractivity (Wildman–Crippen MR) is 63.7 cm³/mol. The number of hydrogen-bond acceptors (Lipinski definition) is 5. The van der Waals surface area contributed by atoms with Crippen LogP contribution >= 0.6 is 11.8 Å². The molecular weight excluding hydrogens is 228 g/mol. The first-order valence-corrected chi connectivity index (χ1v) is 5.91. The number of rotatable bonds is 5. The summed E-state index contributed by atoms with van der Waals surface area (Å²) < 4.78 is 15.4. The Morgan fingerprint density at radius 2 is 1.94 bits per heavy atom. The van der Waals surface area contributed by atoms with E-state index in [9.17, 15) is 5.11 Å². The summed E-state index contributed by atoms with van der Waals surface area (Å²) >= 11 is 1.50. The zero-order valence-electron chi connectivity index (χ0n) is 9.86. The molecule has 0 amide bonds. The molecule has 0 atom stereocenters. The van der Waals surface area contributed by atoms with Gasteiger partial charge in [0, 0.05) is 7.11 Å². The maximum Gasteiger partial charge on any atom is 0.201 e. The molecule has 0 fully saturated rings. The zero-order valence-corrected chi connectivity index (χ0v) is 10.7. The molecule has 0 aromatic heterocycles. The highest BCUT2D eigenvalue weighted by atomic mass is 32.2. The molecule has 16 heavy (non-hydrogen) atoms. The highest BCUT2D eigenvalue weighted by Crippen LogP contribution is 2.45. The van der Waals surface area contributed by atoms with Crippen LogP contribution in [0.25, 0.3) is 0 Å². The van der Waals surface area contributed by atoms with Gasteiger partial charge in [0.2, 0.25) is 5.75 Å². The quantitative estimate of drug-likeness (QED) is 0.805. The van der Waals surface area contributed by atoms with E-state index in [2.05, 4.69) is 0 Å². The molecule has 4 nitrogen and oxygen atoms in total. The van der Waals surface area contributed by atoms with Gasteiger partial charge in [-0.25, -0.2) is 0 Å². The molecule has 0 saturated carbocycles. The lowest BCUT2D eigenvalue weighted by molar-refractivity contribution is 0.181. The smallest absolute Gasteiger partial charge is 0.201 e. The number of phenols is 1. The molecule has 1 aromatic carbocycles. The minimum atomic E-state index is 0.0224. The molecule has 5 heteroatoms. The first-order valence-electron chi connectivity index (χ1n) is 4.69. The fourth-order valence-corrected chi connectivity index (χ4v) is 2.23. The third-order valence-electron chi connectivity index (χ3n) is 2.18. The van der Waals surface area contributed by atoms with E-state index in [1.807, 2.05) is 6.26 Å². The van der Waals surface area contributed by atoms with Gasteiger partial charge < -0.3 is 19.3 Å². The van der Waals surface area contributed by atoms with Gasteiger partial charge in [0.1, 0.15) is 0 Å². The average molecular weight is 244 g/mol. The van der Waals surface area contributed by atoms with Crippen LogP contribution in [0.5, 0.6) is 17.2 Å². The van der Waals surface area contributed by atoms with E-state index in [4.69, 9.17) is 14.2 Å². The topological polar surface area (TPSA) is 47.9 Å². The fourth-order valence-electron chi connectivity index (χ4n) is 1.49. The molecule has 0 aliphatic carbocycles. The van der Waals surface area contributed by atoms with Crippen LogP contribution in [0, 0.1) is 0 Å². The molecule has 0 aliphatic rings. The van der Waals surface area contributed by atoms with Gasteiger partial charge in [-0.2, -0.15) is 0 Å². The molecule has 1 aromatic rings. The minimum absolute atomic E-state index is 0.0224. The van der Waals surface area contributed by atoms with Crippen molar-refractivity contribution >= 4 is 11.8 Å². The van der Waals surface area contributed by atoms with Crippen LogP contribution in [0.1, 0.15) is 5.56 Å². The molecule has 0 saturated heterocycles. The molecule has 0 heterocycles. The molecule has 0 aliphatic heterocycles. The lowest BCUT2D eigenvalue weighted by Crippen LogP contribution is -1.97. The number of phenolic OH excluding ortho intramolecular Hbond substituents is 1. The van der Waals surface area contributed by atoms with E-state index in [0.717, 1.165) is 10.5 Å². The molecule has 0 bridgehead atoms. The third kappa shape index (κ3) is 2.36. The number of thioether (sulfide) groups is 1. The van der Waals surface area contributed by atoms with Crippen molar-refractivity contribution < 1.29 is 19.3 Å². The number of aromatic hydroxyl groups is 1. The fraction of sp³-hybridized carbons (Fsp3) is 0.455. The van der Waals surface area contributed by atoms with Gasteiger partial charge in [-0.1, -0.05) is 0 Å². The standard InChI is InChI=1S/C11H16O4S/c1-13-6-7-5-8(14-2)9(12)10(15-3)11(7)16-4/h5,12H,6H2,1-4H3. The van der Waals surface area contributed by atoms with Crippen LogP contribution in [0.2, 0.25) is 0 Å². The summed E-state index contributed by atoms with van der Waals surface area (Å²) in [5.74, 6) is 0.842. The van der Waals surface area contributed by atoms with E-state index in [0.29, 0.717) is 18.1 Å². The second kappa shape index (κ2) is 5.86. The van der Waals surface area contributed by atoms with Gasteiger partial charge in [0.15, 0.2) is 11.5 Å².